The van der Waals surface area contributed by atoms with E-state index < -0.39 is 0 Å². The number of nitrogens with zero attached hydrogens (tertiary/aromatic N) is 1. The van der Waals surface area contributed by atoms with Crippen molar-refractivity contribution < 1.29 is 4.74 Å². The lowest BCUT2D eigenvalue weighted by Gasteiger charge is -2.15. The number of nitrogens with one attached hydrogen (secondary N) is 1. The Morgan fingerprint density at radius 1 is 1.26 bits per heavy atom. The fourth-order valence-corrected chi connectivity index (χ4v) is 2.14. The van der Waals surface area contributed by atoms with E-state index in [1.807, 2.05) is 12.1 Å². The van der Waals surface area contributed by atoms with Gasteiger partial charge < -0.3 is 10.1 Å². The monoisotopic (exact) mass is 320 g/mol. The first-order chi connectivity index (χ1) is 9.20. The Morgan fingerprint density at radius 2 is 2.00 bits per heavy atom. The van der Waals surface area contributed by atoms with Crippen molar-refractivity contribution in [2.75, 3.05) is 7.11 Å². The standard InChI is InChI=1S/C15H17BrN2O/c1-11(12-5-7-14(16)8-6-12)18-10-13-4-3-9-17-15(13)19-2/h3-9,11,18H,10H2,1-2H3/t11-/m0/s1. The van der Waals surface area contributed by atoms with E-state index >= 15 is 0 Å². The molecule has 0 saturated heterocycles. The van der Waals surface area contributed by atoms with Crippen LogP contribution in [0.1, 0.15) is 24.1 Å². The van der Waals surface area contributed by atoms with Crippen LogP contribution in [0.25, 0.3) is 0 Å². The number of ether oxygens (including phenoxy) is 1. The summed E-state index contributed by atoms with van der Waals surface area (Å²) >= 11 is 3.44. The van der Waals surface area contributed by atoms with Crippen molar-refractivity contribution in [2.45, 2.75) is 19.5 Å². The molecule has 4 heteroatoms. The van der Waals surface area contributed by atoms with E-state index in [1.165, 1.54) is 5.56 Å². The normalized spacial score (nSPS) is 12.2. The van der Waals surface area contributed by atoms with Gasteiger partial charge >= 0.3 is 0 Å². The first-order valence-electron chi connectivity index (χ1n) is 6.17. The van der Waals surface area contributed by atoms with Crippen molar-refractivity contribution >= 4 is 15.9 Å². The van der Waals surface area contributed by atoms with Crippen LogP contribution in [0.3, 0.4) is 0 Å². The second-order valence-electron chi connectivity index (χ2n) is 4.33. The van der Waals surface area contributed by atoms with Crippen LogP contribution in [0.15, 0.2) is 47.1 Å². The summed E-state index contributed by atoms with van der Waals surface area (Å²) in [5.41, 5.74) is 2.32. The molecule has 0 bridgehead atoms. The number of rotatable bonds is 5. The SMILES string of the molecule is COc1ncccc1CN[C@@H](C)c1ccc(Br)cc1. The van der Waals surface area contributed by atoms with Gasteiger partial charge in [0.05, 0.1) is 7.11 Å². The van der Waals surface area contributed by atoms with Crippen LogP contribution >= 0.6 is 15.9 Å². The fraction of sp³-hybridized carbons (Fsp3) is 0.267. The number of aromatic nitrogens is 1. The van der Waals surface area contributed by atoms with Gasteiger partial charge in [-0.1, -0.05) is 34.1 Å². The average Bonchev–Trinajstić information content (AvgIpc) is 2.45. The highest BCUT2D eigenvalue weighted by atomic mass is 79.9. The number of benzene rings is 1. The molecule has 0 fully saturated rings. The molecule has 0 aliphatic carbocycles. The molecule has 0 saturated carbocycles. The van der Waals surface area contributed by atoms with E-state index in [2.05, 4.69) is 57.4 Å². The Balaban J connectivity index is 2.00. The van der Waals surface area contributed by atoms with Crippen molar-refractivity contribution in [1.29, 1.82) is 0 Å². The van der Waals surface area contributed by atoms with E-state index in [0.717, 1.165) is 16.6 Å². The number of hydrogen-bond acceptors (Lipinski definition) is 3. The molecule has 2 rings (SSSR count). The van der Waals surface area contributed by atoms with Crippen molar-refractivity contribution in [1.82, 2.24) is 10.3 Å². The molecular weight excluding hydrogens is 304 g/mol. The number of hydrogen-bond donors (Lipinski definition) is 1. The summed E-state index contributed by atoms with van der Waals surface area (Å²) in [6.07, 6.45) is 1.74. The van der Waals surface area contributed by atoms with E-state index in [0.29, 0.717) is 5.88 Å². The molecule has 1 heterocycles. The summed E-state index contributed by atoms with van der Waals surface area (Å²) < 4.78 is 6.34. The van der Waals surface area contributed by atoms with E-state index in [4.69, 9.17) is 4.74 Å². The maximum atomic E-state index is 5.24. The molecule has 1 atom stereocenters. The number of methoxy groups -OCH3 is 1. The quantitative estimate of drug-likeness (QED) is 0.912. The third-order valence-corrected chi connectivity index (χ3v) is 3.54. The molecule has 0 aliphatic rings. The zero-order chi connectivity index (χ0) is 13.7. The van der Waals surface area contributed by atoms with Gasteiger partial charge in [-0.2, -0.15) is 0 Å². The van der Waals surface area contributed by atoms with Gasteiger partial charge in [0.1, 0.15) is 0 Å². The number of halogens is 1. The zero-order valence-electron chi connectivity index (χ0n) is 11.1. The molecule has 0 spiro atoms. The van der Waals surface area contributed by atoms with Crippen molar-refractivity contribution in [3.05, 3.63) is 58.2 Å². The average molecular weight is 321 g/mol. The molecule has 1 N–H and O–H groups in total. The maximum absolute atomic E-state index is 5.24. The first kappa shape index (κ1) is 14.0. The largest absolute Gasteiger partial charge is 0.481 e. The highest BCUT2D eigenvalue weighted by molar-refractivity contribution is 9.10. The molecule has 100 valence electrons. The zero-order valence-corrected chi connectivity index (χ0v) is 12.6. The molecule has 0 amide bonds. The summed E-state index contributed by atoms with van der Waals surface area (Å²) in [6, 6.07) is 12.6. The molecule has 19 heavy (non-hydrogen) atoms. The molecule has 1 aromatic carbocycles. The highest BCUT2D eigenvalue weighted by Crippen LogP contribution is 2.18. The van der Waals surface area contributed by atoms with Crippen LogP contribution in [0.5, 0.6) is 5.88 Å². The molecule has 0 unspecified atom stereocenters. The van der Waals surface area contributed by atoms with E-state index in [1.54, 1.807) is 13.3 Å². The lowest BCUT2D eigenvalue weighted by Crippen LogP contribution is -2.18. The van der Waals surface area contributed by atoms with E-state index in [-0.39, 0.29) is 6.04 Å². The summed E-state index contributed by atoms with van der Waals surface area (Å²) in [4.78, 5) is 4.19. The van der Waals surface area contributed by atoms with Gasteiger partial charge in [-0.3, -0.25) is 0 Å². The van der Waals surface area contributed by atoms with Crippen LogP contribution in [-0.4, -0.2) is 12.1 Å². The minimum absolute atomic E-state index is 0.276. The van der Waals surface area contributed by atoms with Crippen LogP contribution < -0.4 is 10.1 Å². The topological polar surface area (TPSA) is 34.1 Å². The third-order valence-electron chi connectivity index (χ3n) is 3.01. The Kier molecular flexibility index (Phi) is 4.93. The molecular formula is C15H17BrN2O. The molecule has 3 nitrogen and oxygen atoms in total. The first-order valence-corrected chi connectivity index (χ1v) is 6.96. The van der Waals surface area contributed by atoms with Gasteiger partial charge in [0.15, 0.2) is 0 Å². The van der Waals surface area contributed by atoms with Crippen molar-refractivity contribution in [3.8, 4) is 5.88 Å². The minimum atomic E-state index is 0.276. The van der Waals surface area contributed by atoms with Gasteiger partial charge in [-0.15, -0.1) is 0 Å². The Bertz CT molecular complexity index is 528. The van der Waals surface area contributed by atoms with Crippen LogP contribution in [0.2, 0.25) is 0 Å². The second kappa shape index (κ2) is 6.68. The molecule has 1 aromatic heterocycles. The summed E-state index contributed by atoms with van der Waals surface area (Å²) in [6.45, 7) is 2.88. The van der Waals surface area contributed by atoms with Crippen molar-refractivity contribution in [3.63, 3.8) is 0 Å². The second-order valence-corrected chi connectivity index (χ2v) is 5.24. The lowest BCUT2D eigenvalue weighted by molar-refractivity contribution is 0.389. The van der Waals surface area contributed by atoms with Crippen molar-refractivity contribution in [2.24, 2.45) is 0 Å². The Labute approximate surface area is 122 Å². The van der Waals surface area contributed by atoms with Gasteiger partial charge in [0, 0.05) is 28.8 Å². The van der Waals surface area contributed by atoms with Crippen LogP contribution in [-0.2, 0) is 6.54 Å². The fourth-order valence-electron chi connectivity index (χ4n) is 1.87. The smallest absolute Gasteiger partial charge is 0.217 e. The van der Waals surface area contributed by atoms with E-state index in [9.17, 15) is 0 Å². The molecule has 0 radical (unpaired) electrons. The highest BCUT2D eigenvalue weighted by Gasteiger charge is 2.07. The summed E-state index contributed by atoms with van der Waals surface area (Å²) in [7, 11) is 1.64. The lowest BCUT2D eigenvalue weighted by atomic mass is 10.1. The Morgan fingerprint density at radius 3 is 2.68 bits per heavy atom. The Hall–Kier alpha value is -1.39. The van der Waals surface area contributed by atoms with Crippen LogP contribution in [0, 0.1) is 0 Å². The molecule has 2 aromatic rings. The summed E-state index contributed by atoms with van der Waals surface area (Å²) in [5, 5.41) is 3.47. The third kappa shape index (κ3) is 3.78. The van der Waals surface area contributed by atoms with Gasteiger partial charge in [-0.25, -0.2) is 4.98 Å². The number of pyridine rings is 1. The van der Waals surface area contributed by atoms with Crippen LogP contribution in [0.4, 0.5) is 0 Å². The molecule has 0 aliphatic heterocycles. The van der Waals surface area contributed by atoms with Gasteiger partial charge in [0.2, 0.25) is 5.88 Å². The predicted molar refractivity (Wildman–Crippen MR) is 80.2 cm³/mol. The summed E-state index contributed by atoms with van der Waals surface area (Å²) in [5.74, 6) is 0.679. The predicted octanol–water partition coefficient (Wildman–Crippen LogP) is 3.70. The van der Waals surface area contributed by atoms with Gasteiger partial charge in [0.25, 0.3) is 0 Å². The minimum Gasteiger partial charge on any atom is -0.481 e. The maximum Gasteiger partial charge on any atom is 0.217 e. The van der Waals surface area contributed by atoms with Gasteiger partial charge in [-0.05, 0) is 30.7 Å².